The monoisotopic (exact) mass is 470 g/mol. The van der Waals surface area contributed by atoms with Crippen molar-refractivity contribution in [3.05, 3.63) is 82.5 Å². The van der Waals surface area contributed by atoms with Crippen LogP contribution in [-0.2, 0) is 11.2 Å². The van der Waals surface area contributed by atoms with Crippen LogP contribution >= 0.6 is 12.2 Å². The summed E-state index contributed by atoms with van der Waals surface area (Å²) in [6.07, 6.45) is 0.807. The molecule has 0 radical (unpaired) electrons. The first kappa shape index (κ1) is 21.8. The molecule has 2 heterocycles. The molecule has 0 aliphatic heterocycles. The average Bonchev–Trinajstić information content (AvgIpc) is 3.45. The van der Waals surface area contributed by atoms with E-state index in [1.807, 2.05) is 47.9 Å². The molecule has 0 saturated heterocycles. The molecule has 170 valence electrons. The van der Waals surface area contributed by atoms with Crippen molar-refractivity contribution < 1.29 is 14.1 Å². The van der Waals surface area contributed by atoms with Crippen LogP contribution in [0.2, 0.25) is 0 Å². The summed E-state index contributed by atoms with van der Waals surface area (Å²) in [6, 6.07) is 19.8. The lowest BCUT2D eigenvalue weighted by Crippen LogP contribution is -2.06. The summed E-state index contributed by atoms with van der Waals surface area (Å²) < 4.78 is 12.2. The molecule has 2 aromatic heterocycles. The Morgan fingerprint density at radius 1 is 1.06 bits per heavy atom. The van der Waals surface area contributed by atoms with Crippen LogP contribution in [0, 0.1) is 11.8 Å². The van der Waals surface area contributed by atoms with Crippen molar-refractivity contribution >= 4 is 29.2 Å². The van der Waals surface area contributed by atoms with Gasteiger partial charge in [-0.25, -0.2) is 14.9 Å². The summed E-state index contributed by atoms with van der Waals surface area (Å²) in [5.41, 5.74) is 7.04. The van der Waals surface area contributed by atoms with Gasteiger partial charge in [-0.15, -0.1) is 0 Å². The second-order valence-corrected chi connectivity index (χ2v) is 8.18. The first-order chi connectivity index (χ1) is 16.5. The zero-order valence-corrected chi connectivity index (χ0v) is 19.8. The molecule has 0 fully saturated rings. The Labute approximate surface area is 201 Å². The summed E-state index contributed by atoms with van der Waals surface area (Å²) in [5, 5.41) is 2.81. The molecule has 5 aromatic rings. The standard InChI is InChI=1S/C26H22N4O3S/c1-4-16-14-17(30-15(2)27-22-11-7-10-21(23(22)30)25(31)32-3)12-13-18(16)19-8-5-6-9-20(19)24-28-26(34)33-29-24/h5-14H,4H2,1-3H3,(H,28,29,34). The molecule has 0 bridgehead atoms. The fourth-order valence-corrected chi connectivity index (χ4v) is 4.51. The molecule has 0 spiro atoms. The second-order valence-electron chi connectivity index (χ2n) is 7.83. The maximum absolute atomic E-state index is 12.5. The van der Waals surface area contributed by atoms with Gasteiger partial charge in [0.05, 0.1) is 23.7 Å². The number of rotatable bonds is 5. The summed E-state index contributed by atoms with van der Waals surface area (Å²) >= 11 is 5.04. The van der Waals surface area contributed by atoms with Gasteiger partial charge in [-0.1, -0.05) is 43.3 Å². The largest absolute Gasteiger partial charge is 0.465 e. The Bertz CT molecular complexity index is 1600. The third kappa shape index (κ3) is 3.62. The fourth-order valence-electron chi connectivity index (χ4n) is 4.38. The van der Waals surface area contributed by atoms with E-state index in [0.717, 1.165) is 51.2 Å². The van der Waals surface area contributed by atoms with Crippen molar-refractivity contribution in [1.29, 1.82) is 0 Å². The van der Waals surface area contributed by atoms with Crippen molar-refractivity contribution in [2.45, 2.75) is 20.3 Å². The van der Waals surface area contributed by atoms with E-state index in [2.05, 4.69) is 40.2 Å². The molecule has 5 rings (SSSR count). The number of esters is 1. The Morgan fingerprint density at radius 3 is 2.56 bits per heavy atom. The highest BCUT2D eigenvalue weighted by Crippen LogP contribution is 2.35. The number of H-pyrrole nitrogens is 1. The smallest absolute Gasteiger partial charge is 0.340 e. The number of hydrogen-bond donors (Lipinski definition) is 1. The molecule has 8 heteroatoms. The number of para-hydroxylation sites is 1. The van der Waals surface area contributed by atoms with Gasteiger partial charge in [-0.05, 0) is 66.5 Å². The first-order valence-electron chi connectivity index (χ1n) is 10.9. The number of nitrogens with one attached hydrogen (secondary N) is 1. The Morgan fingerprint density at radius 2 is 1.85 bits per heavy atom. The van der Waals surface area contributed by atoms with Gasteiger partial charge in [0.2, 0.25) is 0 Å². The van der Waals surface area contributed by atoms with E-state index in [1.54, 1.807) is 6.07 Å². The highest BCUT2D eigenvalue weighted by Gasteiger charge is 2.19. The highest BCUT2D eigenvalue weighted by molar-refractivity contribution is 7.71. The number of aromatic amines is 1. The minimum atomic E-state index is -0.391. The summed E-state index contributed by atoms with van der Waals surface area (Å²) in [4.78, 5) is 21.6. The van der Waals surface area contributed by atoms with Gasteiger partial charge < -0.3 is 9.26 Å². The molecular weight excluding hydrogens is 448 g/mol. The van der Waals surface area contributed by atoms with Crippen LogP contribution in [0.4, 0.5) is 0 Å². The lowest BCUT2D eigenvalue weighted by atomic mass is 9.93. The van der Waals surface area contributed by atoms with E-state index < -0.39 is 5.97 Å². The van der Waals surface area contributed by atoms with Crippen LogP contribution in [0.5, 0.6) is 0 Å². The van der Waals surface area contributed by atoms with Crippen molar-refractivity contribution in [2.24, 2.45) is 0 Å². The van der Waals surface area contributed by atoms with Crippen LogP contribution in [0.15, 0.2) is 65.2 Å². The third-order valence-corrected chi connectivity index (χ3v) is 6.06. The number of aryl methyl sites for hydroxylation is 2. The molecule has 0 saturated carbocycles. The Kier molecular flexibility index (Phi) is 5.59. The van der Waals surface area contributed by atoms with Crippen molar-refractivity contribution in [1.82, 2.24) is 19.7 Å². The van der Waals surface area contributed by atoms with Gasteiger partial charge in [0, 0.05) is 11.3 Å². The number of carbonyl (C=O) groups excluding carboxylic acids is 1. The van der Waals surface area contributed by atoms with Crippen molar-refractivity contribution in [3.63, 3.8) is 0 Å². The zero-order chi connectivity index (χ0) is 23.8. The van der Waals surface area contributed by atoms with Gasteiger partial charge in [-0.3, -0.25) is 4.57 Å². The van der Waals surface area contributed by atoms with Crippen LogP contribution in [-0.4, -0.2) is 32.8 Å². The van der Waals surface area contributed by atoms with E-state index in [9.17, 15) is 4.79 Å². The molecule has 34 heavy (non-hydrogen) atoms. The zero-order valence-electron chi connectivity index (χ0n) is 19.0. The predicted octanol–water partition coefficient (Wildman–Crippen LogP) is 6.06. The second kappa shape index (κ2) is 8.72. The lowest BCUT2D eigenvalue weighted by Gasteiger charge is -2.15. The highest BCUT2D eigenvalue weighted by atomic mass is 32.1. The number of fused-ring (bicyclic) bond motifs is 1. The number of hydrogen-bond acceptors (Lipinski definition) is 6. The molecule has 0 atom stereocenters. The van der Waals surface area contributed by atoms with Crippen molar-refractivity contribution in [2.75, 3.05) is 7.11 Å². The van der Waals surface area contributed by atoms with Crippen LogP contribution in [0.3, 0.4) is 0 Å². The molecular formula is C26H22N4O3S. The van der Waals surface area contributed by atoms with Crippen LogP contribution in [0.25, 0.3) is 39.2 Å². The Hall–Kier alpha value is -4.04. The first-order valence-corrected chi connectivity index (χ1v) is 11.3. The minimum Gasteiger partial charge on any atom is -0.465 e. The van der Waals surface area contributed by atoms with E-state index in [1.165, 1.54) is 7.11 Å². The van der Waals surface area contributed by atoms with Gasteiger partial charge in [0.1, 0.15) is 5.82 Å². The van der Waals surface area contributed by atoms with E-state index in [4.69, 9.17) is 21.5 Å². The van der Waals surface area contributed by atoms with Crippen LogP contribution < -0.4 is 0 Å². The normalized spacial score (nSPS) is 11.1. The topological polar surface area (TPSA) is 85.9 Å². The maximum atomic E-state index is 12.5. The molecule has 0 aliphatic carbocycles. The average molecular weight is 471 g/mol. The number of carbonyl (C=O) groups is 1. The minimum absolute atomic E-state index is 0.166. The molecule has 1 N–H and O–H groups in total. The number of aromatic nitrogens is 4. The van der Waals surface area contributed by atoms with E-state index >= 15 is 0 Å². The summed E-state index contributed by atoms with van der Waals surface area (Å²) in [5.74, 6) is 0.987. The lowest BCUT2D eigenvalue weighted by molar-refractivity contribution is 0.0602. The molecule has 7 nitrogen and oxygen atoms in total. The van der Waals surface area contributed by atoms with Gasteiger partial charge in [0.25, 0.3) is 0 Å². The van der Waals surface area contributed by atoms with Gasteiger partial charge in [0.15, 0.2) is 5.82 Å². The van der Waals surface area contributed by atoms with Gasteiger partial charge in [-0.2, -0.15) is 4.98 Å². The predicted molar refractivity (Wildman–Crippen MR) is 133 cm³/mol. The number of imidazole rings is 1. The quantitative estimate of drug-likeness (QED) is 0.248. The number of methoxy groups -OCH3 is 1. The summed E-state index contributed by atoms with van der Waals surface area (Å²) in [6.45, 7) is 4.05. The van der Waals surface area contributed by atoms with Crippen molar-refractivity contribution in [3.8, 4) is 28.2 Å². The van der Waals surface area contributed by atoms with E-state index in [-0.39, 0.29) is 4.84 Å². The maximum Gasteiger partial charge on any atom is 0.340 e. The number of benzene rings is 3. The fraction of sp³-hybridized carbons (Fsp3) is 0.154. The third-order valence-electron chi connectivity index (χ3n) is 5.89. The molecule has 0 amide bonds. The summed E-state index contributed by atoms with van der Waals surface area (Å²) in [7, 11) is 1.39. The SMILES string of the molecule is CCc1cc(-n2c(C)nc3cccc(C(=O)OC)c32)ccc1-c1ccccc1-c1nc(=S)o[nH]1. The van der Waals surface area contributed by atoms with E-state index in [0.29, 0.717) is 11.4 Å². The van der Waals surface area contributed by atoms with Gasteiger partial charge >= 0.3 is 10.8 Å². The molecule has 0 aliphatic rings. The Balaban J connectivity index is 1.70. The number of ether oxygens (including phenoxy) is 1. The number of nitrogens with zero attached hydrogens (tertiary/aromatic N) is 3. The molecule has 3 aromatic carbocycles. The van der Waals surface area contributed by atoms with Crippen LogP contribution in [0.1, 0.15) is 28.7 Å². The molecule has 0 unspecified atom stereocenters.